The van der Waals surface area contributed by atoms with Crippen LogP contribution in [0.3, 0.4) is 0 Å². The van der Waals surface area contributed by atoms with Gasteiger partial charge in [0.25, 0.3) is 0 Å². The van der Waals surface area contributed by atoms with Crippen molar-refractivity contribution in [1.82, 2.24) is 0 Å². The van der Waals surface area contributed by atoms with Crippen LogP contribution in [0.25, 0.3) is 0 Å². The molecule has 0 saturated carbocycles. The van der Waals surface area contributed by atoms with Crippen molar-refractivity contribution in [1.29, 1.82) is 0 Å². The summed E-state index contributed by atoms with van der Waals surface area (Å²) in [6.45, 7) is 6.34. The van der Waals surface area contributed by atoms with E-state index >= 15 is 0 Å². The molecule has 0 heterocycles. The Morgan fingerprint density at radius 3 is 1.81 bits per heavy atom. The Bertz CT molecular complexity index is 462. The van der Waals surface area contributed by atoms with E-state index < -0.39 is 0 Å². The molecule has 0 unspecified atom stereocenters. The molecule has 1 aliphatic rings. The molecule has 1 aliphatic carbocycles. The van der Waals surface area contributed by atoms with Gasteiger partial charge in [-0.05, 0) is 11.8 Å². The van der Waals surface area contributed by atoms with Gasteiger partial charge < -0.3 is 4.74 Å². The van der Waals surface area contributed by atoms with Crippen molar-refractivity contribution in [2.24, 2.45) is 5.41 Å². The van der Waals surface area contributed by atoms with E-state index in [9.17, 15) is 9.59 Å². The Labute approximate surface area is 167 Å². The summed E-state index contributed by atoms with van der Waals surface area (Å²) >= 11 is 0. The lowest BCUT2D eigenvalue weighted by Crippen LogP contribution is -2.23. The first-order chi connectivity index (χ1) is 12.9. The molecule has 0 N–H and O–H groups in total. The maximum atomic E-state index is 12.0. The number of allylic oxidation sites excluding steroid dienone is 2. The van der Waals surface area contributed by atoms with Crippen LogP contribution in [-0.2, 0) is 14.3 Å². The highest BCUT2D eigenvalue weighted by Gasteiger charge is 2.29. The molecule has 0 amide bonds. The van der Waals surface area contributed by atoms with Gasteiger partial charge in [-0.15, -0.1) is 0 Å². The van der Waals surface area contributed by atoms with E-state index in [0.717, 1.165) is 12.8 Å². The monoisotopic (exact) mass is 378 g/mol. The molecule has 1 rings (SSSR count). The molecule has 0 bridgehead atoms. The van der Waals surface area contributed by atoms with E-state index in [1.165, 1.54) is 76.7 Å². The maximum absolute atomic E-state index is 12.0. The normalized spacial score (nSPS) is 16.3. The van der Waals surface area contributed by atoms with Gasteiger partial charge in [-0.3, -0.25) is 9.59 Å². The number of unbranched alkanes of at least 4 members (excludes halogenated alkanes) is 12. The zero-order valence-corrected chi connectivity index (χ0v) is 18.1. The second-order valence-electron chi connectivity index (χ2n) is 9.06. The Morgan fingerprint density at radius 1 is 0.852 bits per heavy atom. The molecule has 27 heavy (non-hydrogen) atoms. The van der Waals surface area contributed by atoms with E-state index in [1.54, 1.807) is 0 Å². The second kappa shape index (κ2) is 14.0. The average molecular weight is 379 g/mol. The topological polar surface area (TPSA) is 43.4 Å². The van der Waals surface area contributed by atoms with Crippen molar-refractivity contribution < 1.29 is 14.3 Å². The van der Waals surface area contributed by atoms with Gasteiger partial charge in [0.1, 0.15) is 5.76 Å². The fourth-order valence-electron chi connectivity index (χ4n) is 3.84. The SMILES string of the molecule is CCCCCCCCCCCCCCCC(=O)OC1=CC(=O)CC(C)(C)C1. The van der Waals surface area contributed by atoms with Crippen molar-refractivity contribution in [3.05, 3.63) is 11.8 Å². The summed E-state index contributed by atoms with van der Waals surface area (Å²) < 4.78 is 5.41. The molecule has 0 aliphatic heterocycles. The van der Waals surface area contributed by atoms with Crippen LogP contribution in [0.2, 0.25) is 0 Å². The standard InChI is InChI=1S/C24H42O3/c1-4-5-6-7-8-9-10-11-12-13-14-15-16-17-23(26)27-22-18-21(25)19-24(2,3)20-22/h18H,4-17,19-20H2,1-3H3. The van der Waals surface area contributed by atoms with E-state index in [2.05, 4.69) is 6.92 Å². The van der Waals surface area contributed by atoms with Crippen LogP contribution in [0.5, 0.6) is 0 Å². The average Bonchev–Trinajstić information content (AvgIpc) is 2.57. The number of hydrogen-bond donors (Lipinski definition) is 0. The lowest BCUT2D eigenvalue weighted by Gasteiger charge is -2.27. The number of ether oxygens (including phenoxy) is 1. The summed E-state index contributed by atoms with van der Waals surface area (Å²) in [7, 11) is 0. The lowest BCUT2D eigenvalue weighted by molar-refractivity contribution is -0.140. The van der Waals surface area contributed by atoms with Crippen LogP contribution >= 0.6 is 0 Å². The summed E-state index contributed by atoms with van der Waals surface area (Å²) in [5.41, 5.74) is -0.100. The minimum Gasteiger partial charge on any atom is -0.431 e. The molecular formula is C24H42O3. The molecule has 0 radical (unpaired) electrons. The van der Waals surface area contributed by atoms with Crippen molar-refractivity contribution in [3.63, 3.8) is 0 Å². The molecule has 156 valence electrons. The van der Waals surface area contributed by atoms with Crippen LogP contribution in [0, 0.1) is 5.41 Å². The predicted octanol–water partition coefficient (Wildman–Crippen LogP) is 7.28. The summed E-state index contributed by atoms with van der Waals surface area (Å²) in [6, 6.07) is 0. The van der Waals surface area contributed by atoms with Crippen LogP contribution in [0.15, 0.2) is 11.8 Å². The molecule has 0 aromatic heterocycles. The number of ketones is 1. The molecule has 0 aromatic rings. The van der Waals surface area contributed by atoms with Gasteiger partial charge >= 0.3 is 5.97 Å². The third-order valence-electron chi connectivity index (χ3n) is 5.36. The maximum Gasteiger partial charge on any atom is 0.310 e. The van der Waals surface area contributed by atoms with Crippen molar-refractivity contribution in [2.45, 2.75) is 124 Å². The Balaban J connectivity index is 1.93. The molecule has 0 aromatic carbocycles. The van der Waals surface area contributed by atoms with Crippen LogP contribution in [0.4, 0.5) is 0 Å². The van der Waals surface area contributed by atoms with E-state index in [0.29, 0.717) is 25.0 Å². The van der Waals surface area contributed by atoms with Crippen LogP contribution in [0.1, 0.15) is 124 Å². The molecule has 0 atom stereocenters. The summed E-state index contributed by atoms with van der Waals surface area (Å²) in [5.74, 6) is 0.431. The number of esters is 1. The summed E-state index contributed by atoms with van der Waals surface area (Å²) in [4.78, 5) is 23.6. The third kappa shape index (κ3) is 12.8. The first kappa shape index (κ1) is 23.9. The van der Waals surface area contributed by atoms with Crippen LogP contribution in [-0.4, -0.2) is 11.8 Å². The van der Waals surface area contributed by atoms with E-state index in [1.807, 2.05) is 13.8 Å². The number of carbonyl (C=O) groups is 2. The largest absolute Gasteiger partial charge is 0.431 e. The summed E-state index contributed by atoms with van der Waals surface area (Å²) in [5, 5.41) is 0. The zero-order chi connectivity index (χ0) is 20.0. The van der Waals surface area contributed by atoms with E-state index in [4.69, 9.17) is 4.74 Å². The van der Waals surface area contributed by atoms with Gasteiger partial charge in [-0.1, -0.05) is 97.8 Å². The molecule has 3 heteroatoms. The first-order valence-electron chi connectivity index (χ1n) is 11.4. The van der Waals surface area contributed by atoms with Gasteiger partial charge in [0.15, 0.2) is 5.78 Å². The number of rotatable bonds is 15. The van der Waals surface area contributed by atoms with Crippen LogP contribution < -0.4 is 0 Å². The highest BCUT2D eigenvalue weighted by atomic mass is 16.5. The van der Waals surface area contributed by atoms with Crippen molar-refractivity contribution >= 4 is 11.8 Å². The highest BCUT2D eigenvalue weighted by Crippen LogP contribution is 2.34. The lowest BCUT2D eigenvalue weighted by atomic mass is 9.79. The van der Waals surface area contributed by atoms with Gasteiger partial charge in [0, 0.05) is 25.3 Å². The molecule has 0 fully saturated rings. The fourth-order valence-corrected chi connectivity index (χ4v) is 3.84. The van der Waals surface area contributed by atoms with Gasteiger partial charge in [-0.25, -0.2) is 0 Å². The second-order valence-corrected chi connectivity index (χ2v) is 9.06. The summed E-state index contributed by atoms with van der Waals surface area (Å²) in [6.07, 6.45) is 20.0. The smallest absolute Gasteiger partial charge is 0.310 e. The van der Waals surface area contributed by atoms with Crippen molar-refractivity contribution in [2.75, 3.05) is 0 Å². The van der Waals surface area contributed by atoms with Gasteiger partial charge in [-0.2, -0.15) is 0 Å². The molecular weight excluding hydrogens is 336 g/mol. The molecule has 3 nitrogen and oxygen atoms in total. The number of hydrogen-bond acceptors (Lipinski definition) is 3. The quantitative estimate of drug-likeness (QED) is 0.222. The zero-order valence-electron chi connectivity index (χ0n) is 18.1. The van der Waals surface area contributed by atoms with Gasteiger partial charge in [0.2, 0.25) is 0 Å². The minimum absolute atomic E-state index is 0.0648. The Morgan fingerprint density at radius 2 is 1.33 bits per heavy atom. The number of carbonyl (C=O) groups excluding carboxylic acids is 2. The van der Waals surface area contributed by atoms with Crippen molar-refractivity contribution in [3.8, 4) is 0 Å². The molecule has 0 spiro atoms. The minimum atomic E-state index is -0.185. The fraction of sp³-hybridized carbons (Fsp3) is 0.833. The Kier molecular flexibility index (Phi) is 12.4. The molecule has 0 saturated heterocycles. The van der Waals surface area contributed by atoms with E-state index in [-0.39, 0.29) is 17.2 Å². The van der Waals surface area contributed by atoms with Gasteiger partial charge in [0.05, 0.1) is 0 Å². The highest BCUT2D eigenvalue weighted by molar-refractivity contribution is 5.92. The predicted molar refractivity (Wildman–Crippen MR) is 113 cm³/mol. The Hall–Kier alpha value is -1.12. The first-order valence-corrected chi connectivity index (χ1v) is 11.4. The third-order valence-corrected chi connectivity index (χ3v) is 5.36.